The second kappa shape index (κ2) is 6.06. The highest BCUT2D eigenvalue weighted by atomic mass is 16.5. The molecule has 1 aromatic rings. The first kappa shape index (κ1) is 14.5. The lowest BCUT2D eigenvalue weighted by Gasteiger charge is -2.35. The molecule has 1 fully saturated rings. The highest BCUT2D eigenvalue weighted by molar-refractivity contribution is 5.08. The molecule has 1 atom stereocenters. The van der Waals surface area contributed by atoms with Gasteiger partial charge in [0, 0.05) is 44.1 Å². The first-order chi connectivity index (χ1) is 9.06. The van der Waals surface area contributed by atoms with Gasteiger partial charge in [0.05, 0.1) is 6.33 Å². The maximum atomic E-state index is 5.94. The van der Waals surface area contributed by atoms with Crippen molar-refractivity contribution in [1.82, 2.24) is 9.55 Å². The van der Waals surface area contributed by atoms with Gasteiger partial charge in [0.25, 0.3) is 0 Å². The number of hydrogen-bond acceptors (Lipinski definition) is 3. The molecule has 1 aromatic heterocycles. The van der Waals surface area contributed by atoms with Gasteiger partial charge >= 0.3 is 0 Å². The third-order valence-corrected chi connectivity index (χ3v) is 4.44. The zero-order chi connectivity index (χ0) is 13.9. The molecule has 19 heavy (non-hydrogen) atoms. The third kappa shape index (κ3) is 3.37. The SMILES string of the molecule is CC(C)C(CN)c1cncn1CC1(C)CCOCC1. The molecule has 0 radical (unpaired) electrons. The number of rotatable bonds is 5. The van der Waals surface area contributed by atoms with Crippen LogP contribution >= 0.6 is 0 Å². The summed E-state index contributed by atoms with van der Waals surface area (Å²) in [6.07, 6.45) is 6.19. The monoisotopic (exact) mass is 265 g/mol. The van der Waals surface area contributed by atoms with Crippen molar-refractivity contribution in [2.24, 2.45) is 17.1 Å². The molecular formula is C15H27N3O. The van der Waals surface area contributed by atoms with Gasteiger partial charge in [-0.2, -0.15) is 0 Å². The van der Waals surface area contributed by atoms with Gasteiger partial charge in [-0.05, 0) is 24.2 Å². The van der Waals surface area contributed by atoms with Crippen LogP contribution < -0.4 is 5.73 Å². The fourth-order valence-electron chi connectivity index (χ4n) is 2.94. The Hall–Kier alpha value is -0.870. The Bertz CT molecular complexity index is 394. The van der Waals surface area contributed by atoms with Gasteiger partial charge in [-0.1, -0.05) is 20.8 Å². The van der Waals surface area contributed by atoms with Crippen LogP contribution in [0.4, 0.5) is 0 Å². The van der Waals surface area contributed by atoms with Gasteiger partial charge in [0.1, 0.15) is 0 Å². The summed E-state index contributed by atoms with van der Waals surface area (Å²) in [4.78, 5) is 4.35. The Kier molecular flexibility index (Phi) is 4.63. The summed E-state index contributed by atoms with van der Waals surface area (Å²) in [5.74, 6) is 0.939. The van der Waals surface area contributed by atoms with E-state index in [0.717, 1.165) is 32.6 Å². The molecule has 2 N–H and O–H groups in total. The Balaban J connectivity index is 2.15. The van der Waals surface area contributed by atoms with E-state index in [1.807, 2.05) is 12.5 Å². The fraction of sp³-hybridized carbons (Fsp3) is 0.800. The molecule has 0 saturated carbocycles. The molecule has 1 aliphatic rings. The van der Waals surface area contributed by atoms with E-state index >= 15 is 0 Å². The molecule has 1 unspecified atom stereocenters. The van der Waals surface area contributed by atoms with Crippen LogP contribution in [0.15, 0.2) is 12.5 Å². The number of nitrogens with zero attached hydrogens (tertiary/aromatic N) is 2. The van der Waals surface area contributed by atoms with Crippen molar-refractivity contribution in [2.75, 3.05) is 19.8 Å². The summed E-state index contributed by atoms with van der Waals surface area (Å²) in [5, 5.41) is 0. The Morgan fingerprint density at radius 3 is 2.68 bits per heavy atom. The van der Waals surface area contributed by atoms with Crippen molar-refractivity contribution in [3.05, 3.63) is 18.2 Å². The molecule has 2 rings (SSSR count). The summed E-state index contributed by atoms with van der Waals surface area (Å²) in [6.45, 7) is 10.3. The van der Waals surface area contributed by atoms with Gasteiger partial charge < -0.3 is 15.0 Å². The van der Waals surface area contributed by atoms with Crippen molar-refractivity contribution in [3.8, 4) is 0 Å². The van der Waals surface area contributed by atoms with E-state index in [9.17, 15) is 0 Å². The van der Waals surface area contributed by atoms with Gasteiger partial charge in [-0.25, -0.2) is 4.98 Å². The zero-order valence-electron chi connectivity index (χ0n) is 12.4. The van der Waals surface area contributed by atoms with Gasteiger partial charge in [-0.3, -0.25) is 0 Å². The van der Waals surface area contributed by atoms with Crippen LogP contribution in [0, 0.1) is 11.3 Å². The summed E-state index contributed by atoms with van der Waals surface area (Å²) >= 11 is 0. The first-order valence-corrected chi connectivity index (χ1v) is 7.33. The second-order valence-corrected chi connectivity index (χ2v) is 6.46. The molecule has 108 valence electrons. The van der Waals surface area contributed by atoms with Gasteiger partial charge in [-0.15, -0.1) is 0 Å². The standard InChI is InChI=1S/C15H27N3O/c1-12(2)13(8-16)14-9-17-11-18(14)10-15(3)4-6-19-7-5-15/h9,11-13H,4-8,10,16H2,1-3H3. The minimum absolute atomic E-state index is 0.323. The average molecular weight is 265 g/mol. The van der Waals surface area contributed by atoms with Crippen LogP contribution in [0.3, 0.4) is 0 Å². The van der Waals surface area contributed by atoms with E-state index in [4.69, 9.17) is 10.5 Å². The molecule has 0 spiro atoms. The number of hydrogen-bond donors (Lipinski definition) is 1. The predicted octanol–water partition coefficient (Wildman–Crippen LogP) is 2.40. The highest BCUT2D eigenvalue weighted by Crippen LogP contribution is 2.33. The lowest BCUT2D eigenvalue weighted by atomic mass is 9.82. The van der Waals surface area contributed by atoms with Crippen molar-refractivity contribution in [3.63, 3.8) is 0 Å². The molecule has 1 saturated heterocycles. The molecule has 2 heterocycles. The van der Waals surface area contributed by atoms with Crippen molar-refractivity contribution >= 4 is 0 Å². The number of imidazole rings is 1. The van der Waals surface area contributed by atoms with Crippen LogP contribution in [0.1, 0.15) is 45.2 Å². The normalized spacial score (nSPS) is 20.7. The molecular weight excluding hydrogens is 238 g/mol. The highest BCUT2D eigenvalue weighted by Gasteiger charge is 2.29. The Labute approximate surface area is 116 Å². The van der Waals surface area contributed by atoms with Crippen molar-refractivity contribution < 1.29 is 4.74 Å². The maximum Gasteiger partial charge on any atom is 0.0948 e. The smallest absolute Gasteiger partial charge is 0.0948 e. The molecule has 4 heteroatoms. The summed E-state index contributed by atoms with van der Waals surface area (Å²) in [5.41, 5.74) is 7.54. The van der Waals surface area contributed by atoms with Gasteiger partial charge in [0.2, 0.25) is 0 Å². The zero-order valence-corrected chi connectivity index (χ0v) is 12.4. The average Bonchev–Trinajstić information content (AvgIpc) is 2.78. The summed E-state index contributed by atoms with van der Waals surface area (Å²) < 4.78 is 7.78. The number of aromatic nitrogens is 2. The largest absolute Gasteiger partial charge is 0.381 e. The van der Waals surface area contributed by atoms with Gasteiger partial charge in [0.15, 0.2) is 0 Å². The minimum atomic E-state index is 0.323. The van der Waals surface area contributed by atoms with E-state index in [2.05, 4.69) is 30.3 Å². The number of ether oxygens (including phenoxy) is 1. The lowest BCUT2D eigenvalue weighted by Crippen LogP contribution is -2.32. The Morgan fingerprint density at radius 1 is 1.42 bits per heavy atom. The second-order valence-electron chi connectivity index (χ2n) is 6.46. The molecule has 1 aliphatic heterocycles. The fourth-order valence-corrected chi connectivity index (χ4v) is 2.94. The van der Waals surface area contributed by atoms with Crippen LogP contribution in [-0.4, -0.2) is 29.3 Å². The summed E-state index contributed by atoms with van der Waals surface area (Å²) in [6, 6.07) is 0. The van der Waals surface area contributed by atoms with Crippen molar-refractivity contribution in [2.45, 2.75) is 46.1 Å². The van der Waals surface area contributed by atoms with E-state index in [0.29, 0.717) is 23.8 Å². The molecule has 0 amide bonds. The van der Waals surface area contributed by atoms with E-state index in [-0.39, 0.29) is 0 Å². The first-order valence-electron chi connectivity index (χ1n) is 7.33. The molecule has 4 nitrogen and oxygen atoms in total. The quantitative estimate of drug-likeness (QED) is 0.889. The molecule has 0 bridgehead atoms. The van der Waals surface area contributed by atoms with E-state index < -0.39 is 0 Å². The molecule has 0 aromatic carbocycles. The summed E-state index contributed by atoms with van der Waals surface area (Å²) in [7, 11) is 0. The van der Waals surface area contributed by atoms with E-state index in [1.165, 1.54) is 5.69 Å². The topological polar surface area (TPSA) is 53.1 Å². The van der Waals surface area contributed by atoms with Crippen molar-refractivity contribution in [1.29, 1.82) is 0 Å². The maximum absolute atomic E-state index is 5.94. The number of nitrogens with two attached hydrogens (primary N) is 1. The Morgan fingerprint density at radius 2 is 2.11 bits per heavy atom. The van der Waals surface area contributed by atoms with Crippen LogP contribution in [0.5, 0.6) is 0 Å². The predicted molar refractivity (Wildman–Crippen MR) is 77.0 cm³/mol. The van der Waals surface area contributed by atoms with E-state index in [1.54, 1.807) is 0 Å². The minimum Gasteiger partial charge on any atom is -0.381 e. The van der Waals surface area contributed by atoms with Crippen LogP contribution in [0.25, 0.3) is 0 Å². The lowest BCUT2D eigenvalue weighted by molar-refractivity contribution is 0.0150. The van der Waals surface area contributed by atoms with Crippen LogP contribution in [-0.2, 0) is 11.3 Å². The van der Waals surface area contributed by atoms with Crippen LogP contribution in [0.2, 0.25) is 0 Å². The third-order valence-electron chi connectivity index (χ3n) is 4.44. The molecule has 0 aliphatic carbocycles.